The number of nitrogens with zero attached hydrogens (tertiary/aromatic N) is 3. The highest BCUT2D eigenvalue weighted by Crippen LogP contribution is 2.35. The second kappa shape index (κ2) is 11.0. The molecule has 1 aromatic rings. The number of aryl methyl sites for hydroxylation is 1. The Morgan fingerprint density at radius 3 is 2.38 bits per heavy atom. The first-order chi connectivity index (χ1) is 15.6. The van der Waals surface area contributed by atoms with Crippen molar-refractivity contribution in [3.8, 4) is 5.75 Å². The van der Waals surface area contributed by atoms with Gasteiger partial charge in [-0.25, -0.2) is 4.79 Å². The van der Waals surface area contributed by atoms with Crippen molar-refractivity contribution in [1.82, 2.24) is 20.0 Å². The van der Waals surface area contributed by atoms with Gasteiger partial charge in [-0.3, -0.25) is 9.69 Å². The van der Waals surface area contributed by atoms with Crippen LogP contribution in [-0.2, 0) is 4.79 Å². The maximum absolute atomic E-state index is 12.6. The molecule has 7 nitrogen and oxygen atoms in total. The summed E-state index contributed by atoms with van der Waals surface area (Å²) in [4.78, 5) is 30.9. The predicted molar refractivity (Wildman–Crippen MR) is 125 cm³/mol. The summed E-state index contributed by atoms with van der Waals surface area (Å²) in [5.74, 6) is 1.43. The number of benzene rings is 1. The molecule has 1 aromatic carbocycles. The van der Waals surface area contributed by atoms with Gasteiger partial charge in [-0.05, 0) is 81.6 Å². The molecule has 32 heavy (non-hydrogen) atoms. The van der Waals surface area contributed by atoms with Crippen LogP contribution in [0.25, 0.3) is 0 Å². The molecule has 0 unspecified atom stereocenters. The van der Waals surface area contributed by atoms with E-state index in [0.29, 0.717) is 5.92 Å². The average molecular weight is 443 g/mol. The predicted octanol–water partition coefficient (Wildman–Crippen LogP) is 2.98. The van der Waals surface area contributed by atoms with E-state index >= 15 is 0 Å². The molecule has 0 atom stereocenters. The first-order valence-corrected chi connectivity index (χ1v) is 12.4. The van der Waals surface area contributed by atoms with Gasteiger partial charge >= 0.3 is 6.03 Å². The van der Waals surface area contributed by atoms with Crippen LogP contribution in [0.3, 0.4) is 0 Å². The van der Waals surface area contributed by atoms with Crippen molar-refractivity contribution in [2.45, 2.75) is 51.4 Å². The third-order valence-electron chi connectivity index (χ3n) is 7.10. The second-order valence-corrected chi connectivity index (χ2v) is 9.45. The lowest BCUT2D eigenvalue weighted by atomic mass is 9.88. The highest BCUT2D eigenvalue weighted by atomic mass is 16.5. The van der Waals surface area contributed by atoms with Crippen molar-refractivity contribution in [2.75, 3.05) is 59.0 Å². The number of piperidine rings is 1. The molecule has 0 saturated carbocycles. The first-order valence-electron chi connectivity index (χ1n) is 12.4. The molecule has 0 bridgehead atoms. The fraction of sp³-hybridized carbons (Fsp3) is 0.680. The van der Waals surface area contributed by atoms with Crippen LogP contribution in [0.2, 0.25) is 0 Å². The zero-order valence-electron chi connectivity index (χ0n) is 19.5. The molecule has 4 rings (SSSR count). The number of ether oxygens (including phenoxy) is 1. The van der Waals surface area contributed by atoms with Crippen molar-refractivity contribution in [1.29, 1.82) is 0 Å². The van der Waals surface area contributed by atoms with Gasteiger partial charge in [0, 0.05) is 32.7 Å². The Morgan fingerprint density at radius 1 is 0.969 bits per heavy atom. The molecule has 0 aromatic heterocycles. The van der Waals surface area contributed by atoms with E-state index in [2.05, 4.69) is 35.3 Å². The molecule has 3 aliphatic heterocycles. The molecule has 3 heterocycles. The maximum atomic E-state index is 12.6. The summed E-state index contributed by atoms with van der Waals surface area (Å²) in [6, 6.07) is 6.42. The molecule has 3 amide bonds. The molecule has 0 spiro atoms. The number of nitrogens with one attached hydrogen (secondary N) is 1. The van der Waals surface area contributed by atoms with Crippen molar-refractivity contribution < 1.29 is 14.3 Å². The highest BCUT2D eigenvalue weighted by molar-refractivity contribution is 5.84. The van der Waals surface area contributed by atoms with Gasteiger partial charge in [0.1, 0.15) is 12.4 Å². The van der Waals surface area contributed by atoms with Crippen LogP contribution in [0.5, 0.6) is 5.75 Å². The number of carbonyl (C=O) groups is 2. The average Bonchev–Trinajstić information content (AvgIpc) is 3.52. The Bertz CT molecular complexity index is 779. The van der Waals surface area contributed by atoms with E-state index < -0.39 is 0 Å². The van der Waals surface area contributed by atoms with E-state index in [4.69, 9.17) is 4.74 Å². The maximum Gasteiger partial charge on any atom is 0.317 e. The zero-order chi connectivity index (χ0) is 22.3. The minimum Gasteiger partial charge on any atom is -0.492 e. The van der Waals surface area contributed by atoms with Gasteiger partial charge in [-0.1, -0.05) is 12.1 Å². The van der Waals surface area contributed by atoms with Crippen molar-refractivity contribution >= 4 is 11.9 Å². The number of hydrogen-bond acceptors (Lipinski definition) is 4. The number of amides is 3. The molecule has 3 aliphatic rings. The van der Waals surface area contributed by atoms with E-state index in [-0.39, 0.29) is 18.5 Å². The van der Waals surface area contributed by atoms with Crippen LogP contribution in [-0.4, -0.2) is 85.6 Å². The lowest BCUT2D eigenvalue weighted by Gasteiger charge is -2.33. The summed E-state index contributed by atoms with van der Waals surface area (Å²) in [5.41, 5.74) is 2.48. The Hall–Kier alpha value is -2.28. The molecular formula is C25H38N4O3. The van der Waals surface area contributed by atoms with Crippen LogP contribution in [0.15, 0.2) is 18.2 Å². The van der Waals surface area contributed by atoms with E-state index in [1.54, 1.807) is 4.90 Å². The minimum absolute atomic E-state index is 0.0157. The number of urea groups is 1. The summed E-state index contributed by atoms with van der Waals surface area (Å²) in [6.45, 7) is 9.34. The molecule has 0 radical (unpaired) electrons. The fourth-order valence-electron chi connectivity index (χ4n) is 5.13. The van der Waals surface area contributed by atoms with Gasteiger partial charge < -0.3 is 19.9 Å². The van der Waals surface area contributed by atoms with Gasteiger partial charge in [-0.15, -0.1) is 0 Å². The van der Waals surface area contributed by atoms with E-state index in [0.717, 1.165) is 70.8 Å². The molecule has 3 saturated heterocycles. The van der Waals surface area contributed by atoms with E-state index in [9.17, 15) is 9.59 Å². The minimum atomic E-state index is -0.110. The van der Waals surface area contributed by atoms with Crippen molar-refractivity contribution in [3.05, 3.63) is 29.3 Å². The van der Waals surface area contributed by atoms with E-state index in [1.165, 1.54) is 37.1 Å². The topological polar surface area (TPSA) is 65.1 Å². The zero-order valence-corrected chi connectivity index (χ0v) is 19.5. The van der Waals surface area contributed by atoms with Gasteiger partial charge in [0.05, 0.1) is 6.54 Å². The van der Waals surface area contributed by atoms with Gasteiger partial charge in [0.2, 0.25) is 5.91 Å². The quantitative estimate of drug-likeness (QED) is 0.705. The van der Waals surface area contributed by atoms with E-state index in [1.807, 2.05) is 4.90 Å². The van der Waals surface area contributed by atoms with Gasteiger partial charge in [-0.2, -0.15) is 0 Å². The largest absolute Gasteiger partial charge is 0.492 e. The summed E-state index contributed by atoms with van der Waals surface area (Å²) >= 11 is 0. The number of rotatable bonds is 7. The SMILES string of the molecule is Cc1ccc(C2CCN(C(=O)CNC(=O)N3CCCC3)CC2)c(OCCN2CCCC2)c1. The summed E-state index contributed by atoms with van der Waals surface area (Å²) in [7, 11) is 0. The monoisotopic (exact) mass is 442 g/mol. The number of hydrogen-bond donors (Lipinski definition) is 1. The molecular weight excluding hydrogens is 404 g/mol. The normalized spacial score (nSPS) is 20.0. The van der Waals surface area contributed by atoms with Crippen LogP contribution in [0, 0.1) is 6.92 Å². The molecule has 0 aliphatic carbocycles. The summed E-state index contributed by atoms with van der Waals surface area (Å²) in [5, 5.41) is 2.80. The standard InChI is InChI=1S/C25H38N4O3/c1-20-6-7-22(23(18-20)32-17-16-27-10-2-3-11-27)21-8-14-28(15-9-21)24(30)19-26-25(31)29-12-4-5-13-29/h6-7,18,21H,2-5,8-17,19H2,1H3,(H,26,31). The van der Waals surface area contributed by atoms with Crippen LogP contribution < -0.4 is 10.1 Å². The van der Waals surface area contributed by atoms with Gasteiger partial charge in [0.25, 0.3) is 0 Å². The Kier molecular flexibility index (Phi) is 7.90. The number of carbonyl (C=O) groups excluding carboxylic acids is 2. The summed E-state index contributed by atoms with van der Waals surface area (Å²) in [6.07, 6.45) is 6.56. The highest BCUT2D eigenvalue weighted by Gasteiger charge is 2.27. The number of likely N-dealkylation sites (tertiary alicyclic amines) is 3. The first kappa shape index (κ1) is 22.9. The van der Waals surface area contributed by atoms with Crippen molar-refractivity contribution in [2.24, 2.45) is 0 Å². The molecule has 176 valence electrons. The lowest BCUT2D eigenvalue weighted by Crippen LogP contribution is -2.46. The van der Waals surface area contributed by atoms with Crippen LogP contribution >= 0.6 is 0 Å². The second-order valence-electron chi connectivity index (χ2n) is 9.45. The lowest BCUT2D eigenvalue weighted by molar-refractivity contribution is -0.131. The smallest absolute Gasteiger partial charge is 0.317 e. The van der Waals surface area contributed by atoms with Crippen LogP contribution in [0.1, 0.15) is 55.6 Å². The Balaban J connectivity index is 1.25. The molecule has 7 heteroatoms. The molecule has 3 fully saturated rings. The third kappa shape index (κ3) is 5.94. The fourth-order valence-corrected chi connectivity index (χ4v) is 5.13. The summed E-state index contributed by atoms with van der Waals surface area (Å²) < 4.78 is 6.25. The van der Waals surface area contributed by atoms with Crippen LogP contribution in [0.4, 0.5) is 4.79 Å². The van der Waals surface area contributed by atoms with Crippen molar-refractivity contribution in [3.63, 3.8) is 0 Å². The van der Waals surface area contributed by atoms with Gasteiger partial charge in [0.15, 0.2) is 0 Å². The molecule has 1 N–H and O–H groups in total. The Morgan fingerprint density at radius 2 is 1.66 bits per heavy atom. The third-order valence-corrected chi connectivity index (χ3v) is 7.10. The Labute approximate surface area is 192 Å².